The van der Waals surface area contributed by atoms with Gasteiger partial charge >= 0.3 is 0 Å². The number of benzene rings is 2. The average molecular weight is 420 g/mol. The average Bonchev–Trinajstić information content (AvgIpc) is 3.38. The minimum absolute atomic E-state index is 0.152. The molecule has 5 rings (SSSR count). The summed E-state index contributed by atoms with van der Waals surface area (Å²) >= 11 is 0. The van der Waals surface area contributed by atoms with Crippen molar-refractivity contribution >= 4 is 11.9 Å². The Hall–Kier alpha value is -3.36. The van der Waals surface area contributed by atoms with Crippen molar-refractivity contribution in [2.75, 3.05) is 18.5 Å². The zero-order valence-corrected chi connectivity index (χ0v) is 16.6. The Kier molecular flexibility index (Phi) is 5.31. The Balaban J connectivity index is 1.25. The fourth-order valence-electron chi connectivity index (χ4n) is 3.99. The summed E-state index contributed by atoms with van der Waals surface area (Å²) in [7, 11) is 0. The topological polar surface area (TPSA) is 85.4 Å². The summed E-state index contributed by atoms with van der Waals surface area (Å²) in [5.74, 6) is -0.0574. The Morgan fingerprint density at radius 2 is 1.74 bits per heavy atom. The summed E-state index contributed by atoms with van der Waals surface area (Å²) in [6.07, 6.45) is 1.14. The van der Waals surface area contributed by atoms with Gasteiger partial charge in [-0.05, 0) is 30.3 Å². The van der Waals surface area contributed by atoms with E-state index < -0.39 is 0 Å². The molecule has 2 fully saturated rings. The van der Waals surface area contributed by atoms with Crippen LogP contribution in [-0.2, 0) is 9.47 Å². The molecule has 0 saturated carbocycles. The first kappa shape index (κ1) is 19.6. The van der Waals surface area contributed by atoms with Gasteiger partial charge in [0, 0.05) is 17.3 Å². The van der Waals surface area contributed by atoms with Crippen LogP contribution >= 0.6 is 0 Å². The number of nitrogens with zero attached hydrogens (tertiary/aromatic N) is 2. The van der Waals surface area contributed by atoms with Crippen LogP contribution in [0, 0.1) is 5.82 Å². The number of aromatic nitrogens is 2. The highest BCUT2D eigenvalue weighted by molar-refractivity contribution is 5.94. The second kappa shape index (κ2) is 8.41. The summed E-state index contributed by atoms with van der Waals surface area (Å²) in [5.41, 5.74) is 1.89. The first-order valence-electron chi connectivity index (χ1n) is 10.1. The van der Waals surface area contributed by atoms with Crippen molar-refractivity contribution in [2.24, 2.45) is 0 Å². The van der Waals surface area contributed by atoms with Crippen LogP contribution < -0.4 is 10.6 Å². The smallest absolute Gasteiger partial charge is 0.251 e. The lowest BCUT2D eigenvalue weighted by molar-refractivity contribution is 0.0652. The molecular formula is C23H21FN4O3. The van der Waals surface area contributed by atoms with Gasteiger partial charge in [0.15, 0.2) is 0 Å². The van der Waals surface area contributed by atoms with E-state index in [-0.39, 0.29) is 36.0 Å². The first-order chi connectivity index (χ1) is 15.2. The van der Waals surface area contributed by atoms with E-state index in [4.69, 9.17) is 9.47 Å². The molecule has 2 N–H and O–H groups in total. The normalized spacial score (nSPS) is 24.5. The molecule has 2 aliphatic rings. The Labute approximate surface area is 178 Å². The number of anilines is 1. The second-order valence-electron chi connectivity index (χ2n) is 7.57. The van der Waals surface area contributed by atoms with Crippen LogP contribution in [0.4, 0.5) is 10.3 Å². The molecule has 7 nitrogen and oxygen atoms in total. The van der Waals surface area contributed by atoms with E-state index in [1.165, 1.54) is 12.1 Å². The lowest BCUT2D eigenvalue weighted by atomic mass is 10.1. The van der Waals surface area contributed by atoms with E-state index in [9.17, 15) is 9.18 Å². The molecule has 3 aromatic rings. The molecule has 158 valence electrons. The highest BCUT2D eigenvalue weighted by atomic mass is 19.1. The highest BCUT2D eigenvalue weighted by Crippen LogP contribution is 2.29. The molecule has 2 aliphatic heterocycles. The molecule has 0 spiro atoms. The third-order valence-corrected chi connectivity index (χ3v) is 5.50. The third-order valence-electron chi connectivity index (χ3n) is 5.50. The fourth-order valence-corrected chi connectivity index (χ4v) is 3.99. The molecule has 0 unspecified atom stereocenters. The first-order valence-corrected chi connectivity index (χ1v) is 10.1. The van der Waals surface area contributed by atoms with Crippen LogP contribution in [0.3, 0.4) is 0 Å². The minimum atomic E-state index is -0.319. The van der Waals surface area contributed by atoms with Crippen molar-refractivity contribution in [1.29, 1.82) is 0 Å². The maximum Gasteiger partial charge on any atom is 0.251 e. The zero-order valence-electron chi connectivity index (χ0n) is 16.6. The number of halogens is 1. The van der Waals surface area contributed by atoms with E-state index in [1.807, 2.05) is 18.2 Å². The van der Waals surface area contributed by atoms with Gasteiger partial charge in [-0.3, -0.25) is 4.79 Å². The van der Waals surface area contributed by atoms with Crippen molar-refractivity contribution in [3.8, 4) is 11.3 Å². The largest absolute Gasteiger partial charge is 0.371 e. The molecule has 0 radical (unpaired) electrons. The van der Waals surface area contributed by atoms with Gasteiger partial charge in [-0.1, -0.05) is 30.3 Å². The second-order valence-corrected chi connectivity index (χ2v) is 7.57. The van der Waals surface area contributed by atoms with E-state index in [0.717, 1.165) is 0 Å². The van der Waals surface area contributed by atoms with Gasteiger partial charge in [0.1, 0.15) is 18.0 Å². The molecule has 4 atom stereocenters. The monoisotopic (exact) mass is 420 g/mol. The van der Waals surface area contributed by atoms with Gasteiger partial charge in [0.2, 0.25) is 5.95 Å². The number of amides is 1. The summed E-state index contributed by atoms with van der Waals surface area (Å²) in [4.78, 5) is 21.2. The Morgan fingerprint density at radius 1 is 0.968 bits per heavy atom. The molecule has 0 aliphatic carbocycles. The number of carbonyl (C=O) groups excluding carboxylic acids is 1. The molecule has 0 bridgehead atoms. The van der Waals surface area contributed by atoms with Crippen molar-refractivity contribution in [3.63, 3.8) is 0 Å². The van der Waals surface area contributed by atoms with E-state index in [1.54, 1.807) is 36.5 Å². The predicted molar refractivity (Wildman–Crippen MR) is 112 cm³/mol. The molecule has 1 aromatic heterocycles. The SMILES string of the molecule is O=C(N[C@@H]1CO[C@@H]2[C@@H]1OC[C@@H]2Nc1nccc(-c2cccc(F)c2)n1)c1ccccc1. The van der Waals surface area contributed by atoms with Crippen LogP contribution in [0.2, 0.25) is 0 Å². The quantitative estimate of drug-likeness (QED) is 0.660. The minimum Gasteiger partial charge on any atom is -0.371 e. The fraction of sp³-hybridized carbons (Fsp3) is 0.261. The number of rotatable bonds is 5. The van der Waals surface area contributed by atoms with E-state index in [0.29, 0.717) is 36.0 Å². The lowest BCUT2D eigenvalue weighted by Gasteiger charge is -2.18. The van der Waals surface area contributed by atoms with Crippen molar-refractivity contribution in [1.82, 2.24) is 15.3 Å². The predicted octanol–water partition coefficient (Wildman–Crippen LogP) is 2.66. The van der Waals surface area contributed by atoms with Crippen molar-refractivity contribution in [3.05, 3.63) is 78.2 Å². The van der Waals surface area contributed by atoms with Crippen LogP contribution in [0.15, 0.2) is 66.9 Å². The Bertz CT molecular complexity index is 1080. The number of carbonyl (C=O) groups is 1. The van der Waals surface area contributed by atoms with E-state index >= 15 is 0 Å². The van der Waals surface area contributed by atoms with Crippen LogP contribution in [0.1, 0.15) is 10.4 Å². The summed E-state index contributed by atoms with van der Waals surface area (Å²) in [5, 5.41) is 6.27. The lowest BCUT2D eigenvalue weighted by Crippen LogP contribution is -2.44. The van der Waals surface area contributed by atoms with Gasteiger partial charge in [-0.25, -0.2) is 14.4 Å². The van der Waals surface area contributed by atoms with Crippen molar-refractivity contribution < 1.29 is 18.7 Å². The number of ether oxygens (including phenoxy) is 2. The van der Waals surface area contributed by atoms with Gasteiger partial charge in [-0.15, -0.1) is 0 Å². The van der Waals surface area contributed by atoms with Gasteiger partial charge < -0.3 is 20.1 Å². The standard InChI is InChI=1S/C23H21FN4O3/c24-16-8-4-7-15(11-16)17-9-10-25-23(27-17)28-19-13-31-20-18(12-30-21(19)20)26-22(29)14-5-2-1-3-6-14/h1-11,18-21H,12-13H2,(H,26,29)(H,25,27,28)/t18-,19+,20-,21+/m1/s1. The number of hydrogen-bond donors (Lipinski definition) is 2. The number of hydrogen-bond acceptors (Lipinski definition) is 6. The zero-order chi connectivity index (χ0) is 21.2. The number of fused-ring (bicyclic) bond motifs is 1. The summed E-state index contributed by atoms with van der Waals surface area (Å²) in [6.45, 7) is 0.775. The number of nitrogens with one attached hydrogen (secondary N) is 2. The third kappa shape index (κ3) is 4.12. The summed E-state index contributed by atoms with van der Waals surface area (Å²) in [6, 6.07) is 16.7. The van der Waals surface area contributed by atoms with Crippen LogP contribution in [0.5, 0.6) is 0 Å². The molecule has 8 heteroatoms. The van der Waals surface area contributed by atoms with Crippen LogP contribution in [-0.4, -0.2) is 53.4 Å². The molecular weight excluding hydrogens is 399 g/mol. The molecule has 2 aromatic carbocycles. The van der Waals surface area contributed by atoms with Crippen molar-refractivity contribution in [2.45, 2.75) is 24.3 Å². The maximum absolute atomic E-state index is 13.5. The molecule has 31 heavy (non-hydrogen) atoms. The van der Waals surface area contributed by atoms with Gasteiger partial charge in [-0.2, -0.15) is 0 Å². The van der Waals surface area contributed by atoms with Gasteiger partial charge in [0.05, 0.1) is 31.0 Å². The maximum atomic E-state index is 13.5. The van der Waals surface area contributed by atoms with Crippen LogP contribution in [0.25, 0.3) is 11.3 Å². The van der Waals surface area contributed by atoms with E-state index in [2.05, 4.69) is 20.6 Å². The highest BCUT2D eigenvalue weighted by Gasteiger charge is 2.48. The summed E-state index contributed by atoms with van der Waals surface area (Å²) < 4.78 is 25.4. The molecule has 3 heterocycles. The van der Waals surface area contributed by atoms with Gasteiger partial charge in [0.25, 0.3) is 5.91 Å². The molecule has 1 amide bonds. The Morgan fingerprint density at radius 3 is 2.55 bits per heavy atom. The molecule has 2 saturated heterocycles.